The van der Waals surface area contributed by atoms with Crippen LogP contribution in [0.4, 0.5) is 11.4 Å². The Bertz CT molecular complexity index is 1260. The number of carboxylic acids is 1. The number of aromatic nitrogens is 4. The Morgan fingerprint density at radius 1 is 1.16 bits per heavy atom. The molecule has 194 valence electrons. The van der Waals surface area contributed by atoms with Crippen LogP contribution in [0.3, 0.4) is 0 Å². The number of benzene rings is 2. The molecule has 2 N–H and O–H groups in total. The van der Waals surface area contributed by atoms with E-state index in [1.54, 1.807) is 0 Å². The van der Waals surface area contributed by atoms with Gasteiger partial charge in [-0.05, 0) is 36.3 Å². The fraction of sp³-hybridized carbons (Fsp3) is 0.444. The smallest absolute Gasteiger partial charge is 0.307 e. The number of aliphatic carboxylic acids is 1. The molecule has 3 heterocycles. The van der Waals surface area contributed by atoms with Crippen molar-refractivity contribution in [2.75, 3.05) is 13.1 Å². The number of fused-ring (bicyclic) bond motifs is 1. The third-order valence-corrected chi connectivity index (χ3v) is 7.48. The number of amidine groups is 1. The molecule has 1 fully saturated rings. The molecule has 3 atom stereocenters. The highest BCUT2D eigenvalue weighted by Crippen LogP contribution is 2.46. The fourth-order valence-electron chi connectivity index (χ4n) is 5.57. The number of rotatable bonds is 11. The first-order valence-corrected chi connectivity index (χ1v) is 13.1. The molecule has 10 heteroatoms. The maximum Gasteiger partial charge on any atom is 0.307 e. The molecule has 0 spiro atoms. The summed E-state index contributed by atoms with van der Waals surface area (Å²) < 4.78 is -0.730. The minimum Gasteiger partial charge on any atom is -0.619 e. The number of hydroxylamine groups is 2. The Morgan fingerprint density at radius 2 is 1.97 bits per heavy atom. The number of quaternary nitrogens is 1. The van der Waals surface area contributed by atoms with Crippen LogP contribution in [0.25, 0.3) is 11.4 Å². The predicted molar refractivity (Wildman–Crippen MR) is 142 cm³/mol. The Labute approximate surface area is 216 Å². The molecular formula is C27H33N7O3. The van der Waals surface area contributed by atoms with E-state index in [4.69, 9.17) is 4.99 Å². The van der Waals surface area contributed by atoms with Crippen molar-refractivity contribution in [3.05, 3.63) is 59.3 Å². The number of nitrogens with one attached hydrogen (secondary N) is 1. The van der Waals surface area contributed by atoms with E-state index in [9.17, 15) is 9.90 Å². The summed E-state index contributed by atoms with van der Waals surface area (Å²) in [6.45, 7) is 3.14. The van der Waals surface area contributed by atoms with Crippen LogP contribution in [-0.4, -0.2) is 61.7 Å². The summed E-state index contributed by atoms with van der Waals surface area (Å²) >= 11 is 0. The molecule has 0 radical (unpaired) electrons. The predicted octanol–water partition coefficient (Wildman–Crippen LogP) is 4.86. The second kappa shape index (κ2) is 10.9. The quantitative estimate of drug-likeness (QED) is 0.217. The van der Waals surface area contributed by atoms with Crippen molar-refractivity contribution in [1.82, 2.24) is 30.2 Å². The minimum absolute atomic E-state index is 0.371. The molecule has 3 aromatic rings. The molecule has 5 rings (SSSR count). The van der Waals surface area contributed by atoms with Crippen LogP contribution in [0.5, 0.6) is 0 Å². The van der Waals surface area contributed by atoms with Gasteiger partial charge in [-0.15, -0.1) is 10.2 Å². The number of aromatic amines is 1. The Morgan fingerprint density at radius 3 is 2.73 bits per heavy atom. The van der Waals surface area contributed by atoms with Gasteiger partial charge in [-0.2, -0.15) is 10.2 Å². The Balaban J connectivity index is 1.55. The number of tetrazole rings is 1. The molecule has 1 aromatic heterocycles. The second-order valence-corrected chi connectivity index (χ2v) is 9.90. The Kier molecular flexibility index (Phi) is 7.40. The zero-order valence-corrected chi connectivity index (χ0v) is 21.1. The molecular weight excluding hydrogens is 470 g/mol. The summed E-state index contributed by atoms with van der Waals surface area (Å²) in [5, 5.41) is 39.3. The normalized spacial score (nSPS) is 22.1. The minimum atomic E-state index is -0.801. The van der Waals surface area contributed by atoms with Gasteiger partial charge in [-0.25, -0.2) is 0 Å². The van der Waals surface area contributed by atoms with E-state index in [0.29, 0.717) is 54.5 Å². The largest absolute Gasteiger partial charge is 0.619 e. The van der Waals surface area contributed by atoms with E-state index in [0.717, 1.165) is 31.2 Å². The number of hydrogen-bond donors (Lipinski definition) is 2. The van der Waals surface area contributed by atoms with E-state index in [1.807, 2.05) is 48.5 Å². The van der Waals surface area contributed by atoms with Crippen molar-refractivity contribution in [2.24, 2.45) is 10.9 Å². The van der Waals surface area contributed by atoms with Crippen molar-refractivity contribution in [3.63, 3.8) is 0 Å². The van der Waals surface area contributed by atoms with Crippen molar-refractivity contribution < 1.29 is 9.90 Å². The lowest BCUT2D eigenvalue weighted by atomic mass is 10.0. The lowest BCUT2D eigenvalue weighted by molar-refractivity contribution is -0.141. The molecule has 2 aliphatic rings. The van der Waals surface area contributed by atoms with E-state index in [1.165, 1.54) is 6.42 Å². The van der Waals surface area contributed by atoms with Gasteiger partial charge in [-0.1, -0.05) is 56.9 Å². The van der Waals surface area contributed by atoms with Gasteiger partial charge in [0.2, 0.25) is 11.7 Å². The number of hydrogen-bond acceptors (Lipinski definition) is 7. The molecule has 3 unspecified atom stereocenters. The maximum atomic E-state index is 15.3. The zero-order chi connectivity index (χ0) is 25.8. The third-order valence-electron chi connectivity index (χ3n) is 7.48. The number of H-pyrrole nitrogens is 1. The average molecular weight is 504 g/mol. The molecule has 10 nitrogen and oxygen atoms in total. The lowest BCUT2D eigenvalue weighted by Gasteiger charge is -2.48. The van der Waals surface area contributed by atoms with E-state index in [-0.39, 0.29) is 0 Å². The molecule has 0 bridgehead atoms. The van der Waals surface area contributed by atoms with Crippen LogP contribution in [0.1, 0.15) is 57.4 Å². The molecule has 0 aliphatic carbocycles. The standard InChI is InChI=1S/C27H33N7O3/c1-2-3-4-5-6-14-24(33-16-15-21(18-33)27(35)36)34(37)23-13-8-7-12-22(23)28-26(34)20-11-9-10-19(17-20)25-29-31-32-30-25/h7-13,17,21,24H,2-6,14-16,18H2,1H3,(H,35,36)(H,29,30,31,32). The van der Waals surface area contributed by atoms with Crippen molar-refractivity contribution in [1.29, 1.82) is 0 Å². The van der Waals surface area contributed by atoms with Crippen LogP contribution < -0.4 is 4.65 Å². The summed E-state index contributed by atoms with van der Waals surface area (Å²) in [5.74, 6) is -0.415. The average Bonchev–Trinajstić information content (AvgIpc) is 3.67. The number of aliphatic imine (C=N–C) groups is 1. The third kappa shape index (κ3) is 4.92. The van der Waals surface area contributed by atoms with E-state index < -0.39 is 22.7 Å². The molecule has 0 amide bonds. The first-order chi connectivity index (χ1) is 18.0. The van der Waals surface area contributed by atoms with Crippen LogP contribution in [0, 0.1) is 11.1 Å². The van der Waals surface area contributed by atoms with Gasteiger partial charge in [-0.3, -0.25) is 14.3 Å². The number of para-hydroxylation sites is 2. The van der Waals surface area contributed by atoms with E-state index in [2.05, 4.69) is 32.4 Å². The van der Waals surface area contributed by atoms with Gasteiger partial charge in [0, 0.05) is 31.1 Å². The topological polar surface area (TPSA) is 130 Å². The fourth-order valence-corrected chi connectivity index (χ4v) is 5.57. The monoisotopic (exact) mass is 503 g/mol. The molecule has 1 saturated heterocycles. The van der Waals surface area contributed by atoms with Crippen molar-refractivity contribution in [3.8, 4) is 11.4 Å². The van der Waals surface area contributed by atoms with Gasteiger partial charge in [0.25, 0.3) is 0 Å². The molecule has 2 aromatic carbocycles. The van der Waals surface area contributed by atoms with Crippen LogP contribution in [0.2, 0.25) is 0 Å². The highest BCUT2D eigenvalue weighted by molar-refractivity contribution is 6.13. The Hall–Kier alpha value is -3.47. The van der Waals surface area contributed by atoms with Gasteiger partial charge in [0.1, 0.15) is 5.69 Å². The van der Waals surface area contributed by atoms with Crippen LogP contribution >= 0.6 is 0 Å². The van der Waals surface area contributed by atoms with Gasteiger partial charge < -0.3 is 10.3 Å². The molecule has 0 saturated carbocycles. The summed E-state index contributed by atoms with van der Waals surface area (Å²) in [6.07, 6.45) is 6.14. The molecule has 2 aliphatic heterocycles. The van der Waals surface area contributed by atoms with E-state index >= 15 is 5.21 Å². The van der Waals surface area contributed by atoms with Crippen molar-refractivity contribution >= 4 is 23.2 Å². The number of nitrogens with zero attached hydrogens (tertiary/aromatic N) is 6. The first kappa shape index (κ1) is 25.2. The maximum absolute atomic E-state index is 15.3. The number of carbonyl (C=O) groups is 1. The number of likely N-dealkylation sites (tertiary alicyclic amines) is 1. The van der Waals surface area contributed by atoms with Gasteiger partial charge >= 0.3 is 5.97 Å². The van der Waals surface area contributed by atoms with Gasteiger partial charge in [0.05, 0.1) is 11.5 Å². The molecule has 37 heavy (non-hydrogen) atoms. The number of unbranched alkanes of at least 4 members (excludes halogenated alkanes) is 4. The van der Waals surface area contributed by atoms with Crippen LogP contribution in [0.15, 0.2) is 53.5 Å². The van der Waals surface area contributed by atoms with Crippen LogP contribution in [-0.2, 0) is 4.79 Å². The summed E-state index contributed by atoms with van der Waals surface area (Å²) in [7, 11) is 0. The second-order valence-electron chi connectivity index (χ2n) is 9.90. The summed E-state index contributed by atoms with van der Waals surface area (Å²) in [5.41, 5.74) is 2.68. The lowest BCUT2D eigenvalue weighted by Crippen LogP contribution is -2.61. The number of carboxylic acid groups (broad SMARTS) is 1. The SMILES string of the molecule is CCCCCCCC(N1CCC(C(=O)O)C1)[N+]1([O-])C(c2cccc(-c3nn[nH]n3)c2)=Nc2ccccc21. The van der Waals surface area contributed by atoms with Gasteiger partial charge in [0.15, 0.2) is 11.9 Å². The highest BCUT2D eigenvalue weighted by Gasteiger charge is 2.48. The zero-order valence-electron chi connectivity index (χ0n) is 21.1. The highest BCUT2D eigenvalue weighted by atomic mass is 16.6. The summed E-state index contributed by atoms with van der Waals surface area (Å²) in [4.78, 5) is 18.7. The van der Waals surface area contributed by atoms with Crippen molar-refractivity contribution in [2.45, 2.75) is 58.0 Å². The first-order valence-electron chi connectivity index (χ1n) is 13.1. The summed E-state index contributed by atoms with van der Waals surface area (Å²) in [6, 6.07) is 15.0.